The smallest absolute Gasteiger partial charge is 0.108 e. The van der Waals surface area contributed by atoms with E-state index in [4.69, 9.17) is 4.74 Å². The third kappa shape index (κ3) is 3.56. The van der Waals surface area contributed by atoms with Gasteiger partial charge in [-0.2, -0.15) is 0 Å². The molecule has 0 fully saturated rings. The Kier molecular flexibility index (Phi) is 4.22. The predicted molar refractivity (Wildman–Crippen MR) is 66.1 cm³/mol. The van der Waals surface area contributed by atoms with Gasteiger partial charge in [-0.3, -0.25) is 0 Å². The lowest BCUT2D eigenvalue weighted by atomic mass is 10.1. The highest BCUT2D eigenvalue weighted by Crippen LogP contribution is 2.12. The molecule has 1 aromatic rings. The minimum atomic E-state index is 0.277. The maximum Gasteiger partial charge on any atom is 0.108 e. The highest BCUT2D eigenvalue weighted by molar-refractivity contribution is 5.33. The third-order valence-corrected chi connectivity index (χ3v) is 2.59. The molecule has 1 atom stereocenters. The second-order valence-electron chi connectivity index (χ2n) is 3.88. The Balaban J connectivity index is 1.77. The van der Waals surface area contributed by atoms with Gasteiger partial charge in [-0.25, -0.2) is 0 Å². The van der Waals surface area contributed by atoms with Crippen LogP contribution >= 0.6 is 0 Å². The van der Waals surface area contributed by atoms with E-state index in [1.807, 2.05) is 30.3 Å². The fourth-order valence-corrected chi connectivity index (χ4v) is 1.73. The maximum absolute atomic E-state index is 5.64. The average molecular weight is 212 g/mol. The molecule has 1 aliphatic carbocycles. The normalized spacial score (nSPS) is 18.9. The molecule has 82 valence electrons. The molecule has 0 spiro atoms. The SMILES string of the molecule is C(#Cc1ccccc1)COC1C=CCCC1. The maximum atomic E-state index is 5.64. The van der Waals surface area contributed by atoms with Gasteiger partial charge in [0.1, 0.15) is 6.61 Å². The van der Waals surface area contributed by atoms with Crippen LogP contribution in [-0.4, -0.2) is 12.7 Å². The van der Waals surface area contributed by atoms with Crippen LogP contribution in [0.3, 0.4) is 0 Å². The van der Waals surface area contributed by atoms with Gasteiger partial charge in [0, 0.05) is 5.56 Å². The summed E-state index contributed by atoms with van der Waals surface area (Å²) in [5, 5.41) is 0. The first-order chi connectivity index (χ1) is 7.95. The first kappa shape index (κ1) is 11.0. The van der Waals surface area contributed by atoms with Crippen LogP contribution in [0.5, 0.6) is 0 Å². The summed E-state index contributed by atoms with van der Waals surface area (Å²) in [5.41, 5.74) is 1.05. The van der Waals surface area contributed by atoms with E-state index in [1.165, 1.54) is 12.8 Å². The number of hydrogen-bond donors (Lipinski definition) is 0. The van der Waals surface area contributed by atoms with Gasteiger partial charge >= 0.3 is 0 Å². The summed E-state index contributed by atoms with van der Waals surface area (Å²) in [7, 11) is 0. The molecular formula is C15H16O. The van der Waals surface area contributed by atoms with Gasteiger partial charge in [-0.1, -0.05) is 42.2 Å². The van der Waals surface area contributed by atoms with E-state index in [0.717, 1.165) is 12.0 Å². The van der Waals surface area contributed by atoms with E-state index in [-0.39, 0.29) is 6.10 Å². The highest BCUT2D eigenvalue weighted by Gasteiger charge is 2.06. The second kappa shape index (κ2) is 6.15. The molecule has 0 aromatic heterocycles. The monoisotopic (exact) mass is 212 g/mol. The van der Waals surface area contributed by atoms with Crippen LogP contribution in [0.2, 0.25) is 0 Å². The zero-order valence-electron chi connectivity index (χ0n) is 9.36. The molecule has 0 saturated carbocycles. The first-order valence-corrected chi connectivity index (χ1v) is 5.77. The van der Waals surface area contributed by atoms with Crippen LogP contribution in [0.15, 0.2) is 42.5 Å². The summed E-state index contributed by atoms with van der Waals surface area (Å²) in [5.74, 6) is 6.13. The molecule has 1 heteroatoms. The van der Waals surface area contributed by atoms with Crippen molar-refractivity contribution >= 4 is 0 Å². The number of hydrogen-bond acceptors (Lipinski definition) is 1. The summed E-state index contributed by atoms with van der Waals surface area (Å²) in [4.78, 5) is 0. The van der Waals surface area contributed by atoms with Gasteiger partial charge in [0.25, 0.3) is 0 Å². The number of allylic oxidation sites excluding steroid dienone is 1. The van der Waals surface area contributed by atoms with Gasteiger partial charge in [-0.15, -0.1) is 0 Å². The van der Waals surface area contributed by atoms with Crippen LogP contribution in [0.25, 0.3) is 0 Å². The Bertz CT molecular complexity index is 394. The molecule has 0 N–H and O–H groups in total. The van der Waals surface area contributed by atoms with Crippen molar-refractivity contribution in [2.45, 2.75) is 25.4 Å². The summed E-state index contributed by atoms with van der Waals surface area (Å²) in [6.45, 7) is 0.518. The highest BCUT2D eigenvalue weighted by atomic mass is 16.5. The number of benzene rings is 1. The van der Waals surface area contributed by atoms with Crippen LogP contribution in [0, 0.1) is 11.8 Å². The summed E-state index contributed by atoms with van der Waals surface area (Å²) < 4.78 is 5.64. The molecule has 0 radical (unpaired) electrons. The molecule has 0 aliphatic heterocycles. The molecule has 0 heterocycles. The van der Waals surface area contributed by atoms with Crippen molar-refractivity contribution < 1.29 is 4.74 Å². The Labute approximate surface area is 97.1 Å². The van der Waals surface area contributed by atoms with E-state index in [9.17, 15) is 0 Å². The Morgan fingerprint density at radius 2 is 2.12 bits per heavy atom. The molecule has 0 amide bonds. The summed E-state index contributed by atoms with van der Waals surface area (Å²) in [6.07, 6.45) is 8.16. The lowest BCUT2D eigenvalue weighted by Gasteiger charge is -2.14. The standard InChI is InChI=1S/C15H16O/c1-3-8-14(9-4-1)10-7-13-16-15-11-5-2-6-12-15/h1,3-5,8-9,11,15H,2,6,12-13H2. The van der Waals surface area contributed by atoms with Gasteiger partial charge in [0.05, 0.1) is 6.10 Å². The topological polar surface area (TPSA) is 9.23 Å². The number of ether oxygens (including phenoxy) is 1. The van der Waals surface area contributed by atoms with E-state index < -0.39 is 0 Å². The molecule has 16 heavy (non-hydrogen) atoms. The first-order valence-electron chi connectivity index (χ1n) is 5.77. The predicted octanol–water partition coefficient (Wildman–Crippen LogP) is 3.16. The lowest BCUT2D eigenvalue weighted by molar-refractivity contribution is 0.102. The molecular weight excluding hydrogens is 196 g/mol. The zero-order valence-corrected chi connectivity index (χ0v) is 9.36. The van der Waals surface area contributed by atoms with Crippen molar-refractivity contribution in [1.82, 2.24) is 0 Å². The van der Waals surface area contributed by atoms with Crippen molar-refractivity contribution in [3.63, 3.8) is 0 Å². The molecule has 1 aromatic carbocycles. The zero-order chi connectivity index (χ0) is 11.1. The van der Waals surface area contributed by atoms with E-state index in [2.05, 4.69) is 24.0 Å². The third-order valence-electron chi connectivity index (χ3n) is 2.59. The summed E-state index contributed by atoms with van der Waals surface area (Å²) in [6, 6.07) is 10.00. The Morgan fingerprint density at radius 3 is 2.88 bits per heavy atom. The van der Waals surface area contributed by atoms with E-state index in [0.29, 0.717) is 6.61 Å². The minimum absolute atomic E-state index is 0.277. The van der Waals surface area contributed by atoms with Crippen molar-refractivity contribution in [2.75, 3.05) is 6.61 Å². The molecule has 1 nitrogen and oxygen atoms in total. The largest absolute Gasteiger partial charge is 0.361 e. The van der Waals surface area contributed by atoms with Crippen molar-refractivity contribution in [3.8, 4) is 11.8 Å². The van der Waals surface area contributed by atoms with Crippen LogP contribution in [0.4, 0.5) is 0 Å². The molecule has 0 bridgehead atoms. The molecule has 1 aliphatic rings. The fraction of sp³-hybridized carbons (Fsp3) is 0.333. The quantitative estimate of drug-likeness (QED) is 0.540. The van der Waals surface area contributed by atoms with Gasteiger partial charge < -0.3 is 4.74 Å². The molecule has 0 saturated heterocycles. The van der Waals surface area contributed by atoms with Crippen molar-refractivity contribution in [1.29, 1.82) is 0 Å². The Hall–Kier alpha value is -1.52. The number of rotatable bonds is 2. The van der Waals surface area contributed by atoms with Gasteiger partial charge in [0.15, 0.2) is 0 Å². The summed E-state index contributed by atoms with van der Waals surface area (Å²) >= 11 is 0. The van der Waals surface area contributed by atoms with Crippen LogP contribution < -0.4 is 0 Å². The molecule has 2 rings (SSSR count). The van der Waals surface area contributed by atoms with E-state index in [1.54, 1.807) is 0 Å². The lowest BCUT2D eigenvalue weighted by Crippen LogP contribution is -2.12. The minimum Gasteiger partial charge on any atom is -0.361 e. The Morgan fingerprint density at radius 1 is 1.25 bits per heavy atom. The average Bonchev–Trinajstić information content (AvgIpc) is 2.37. The molecule has 1 unspecified atom stereocenters. The fourth-order valence-electron chi connectivity index (χ4n) is 1.73. The van der Waals surface area contributed by atoms with Crippen LogP contribution in [0.1, 0.15) is 24.8 Å². The van der Waals surface area contributed by atoms with Gasteiger partial charge in [0.2, 0.25) is 0 Å². The van der Waals surface area contributed by atoms with Crippen LogP contribution in [-0.2, 0) is 4.74 Å². The van der Waals surface area contributed by atoms with Gasteiger partial charge in [-0.05, 0) is 31.4 Å². The van der Waals surface area contributed by atoms with Crippen molar-refractivity contribution in [3.05, 3.63) is 48.0 Å². The van der Waals surface area contributed by atoms with E-state index >= 15 is 0 Å². The second-order valence-corrected chi connectivity index (χ2v) is 3.88. The van der Waals surface area contributed by atoms with Crippen molar-refractivity contribution in [2.24, 2.45) is 0 Å².